The summed E-state index contributed by atoms with van der Waals surface area (Å²) in [5, 5.41) is 1.62. The Labute approximate surface area is 110 Å². The molecule has 0 aromatic carbocycles. The molecule has 0 atom stereocenters. The van der Waals surface area contributed by atoms with Gasteiger partial charge in [0, 0.05) is 30.0 Å². The molecule has 0 bridgehead atoms. The minimum atomic E-state index is -3.54. The third-order valence-electron chi connectivity index (χ3n) is 2.38. The molecule has 0 aliphatic heterocycles. The van der Waals surface area contributed by atoms with E-state index in [-0.39, 0.29) is 4.21 Å². The second kappa shape index (κ2) is 4.95. The van der Waals surface area contributed by atoms with Gasteiger partial charge in [0.1, 0.15) is 4.21 Å². The van der Waals surface area contributed by atoms with Crippen molar-refractivity contribution >= 4 is 32.7 Å². The molecule has 2 N–H and O–H groups in total. The lowest BCUT2D eigenvalue weighted by Crippen LogP contribution is -2.30. The highest BCUT2D eigenvalue weighted by atomic mass is 32.2. The average Bonchev–Trinajstić information content (AvgIpc) is 2.78. The largest absolute Gasteiger partial charge is 0.398 e. The van der Waals surface area contributed by atoms with Crippen molar-refractivity contribution in [2.45, 2.75) is 11.1 Å². The summed E-state index contributed by atoms with van der Waals surface area (Å²) < 4.78 is 26.5. The van der Waals surface area contributed by atoms with Crippen LogP contribution in [0.25, 0.3) is 0 Å². The van der Waals surface area contributed by atoms with Gasteiger partial charge in [0.25, 0.3) is 10.0 Å². The predicted molar refractivity (Wildman–Crippen MR) is 73.2 cm³/mol. The Bertz CT molecular complexity index is 623. The molecule has 2 heterocycles. The van der Waals surface area contributed by atoms with Crippen LogP contribution >= 0.6 is 11.3 Å². The van der Waals surface area contributed by atoms with Crippen LogP contribution in [0, 0.1) is 0 Å². The zero-order valence-corrected chi connectivity index (χ0v) is 11.4. The van der Waals surface area contributed by atoms with E-state index in [1.165, 1.54) is 10.4 Å². The molecule has 0 aliphatic rings. The second-order valence-electron chi connectivity index (χ2n) is 3.57. The predicted octanol–water partition coefficient (Wildman–Crippen LogP) is 1.94. The Kier molecular flexibility index (Phi) is 3.53. The fourth-order valence-corrected chi connectivity index (χ4v) is 4.24. The van der Waals surface area contributed by atoms with Crippen molar-refractivity contribution in [2.75, 3.05) is 16.6 Å². The molecule has 0 aliphatic carbocycles. The van der Waals surface area contributed by atoms with Gasteiger partial charge in [-0.15, -0.1) is 11.3 Å². The maximum Gasteiger partial charge on any atom is 0.273 e. The number of pyridine rings is 1. The summed E-state index contributed by atoms with van der Waals surface area (Å²) in [6, 6.07) is 4.81. The molecule has 18 heavy (non-hydrogen) atoms. The summed E-state index contributed by atoms with van der Waals surface area (Å²) in [5.74, 6) is 0. The molecular weight excluding hydrogens is 270 g/mol. The highest BCUT2D eigenvalue weighted by Gasteiger charge is 2.24. The number of anilines is 2. The fourth-order valence-electron chi connectivity index (χ4n) is 1.58. The van der Waals surface area contributed by atoms with Gasteiger partial charge in [-0.2, -0.15) is 0 Å². The smallest absolute Gasteiger partial charge is 0.273 e. The Morgan fingerprint density at radius 2 is 2.06 bits per heavy atom. The number of nitrogens with two attached hydrogens (primary N) is 1. The van der Waals surface area contributed by atoms with Crippen molar-refractivity contribution in [1.29, 1.82) is 0 Å². The van der Waals surface area contributed by atoms with Crippen LogP contribution in [0.4, 0.5) is 11.4 Å². The molecule has 2 rings (SSSR count). The lowest BCUT2D eigenvalue weighted by atomic mass is 10.4. The molecule has 0 saturated carbocycles. The highest BCUT2D eigenvalue weighted by molar-refractivity contribution is 7.94. The summed E-state index contributed by atoms with van der Waals surface area (Å²) in [7, 11) is -3.54. The molecule has 2 aromatic rings. The lowest BCUT2D eigenvalue weighted by molar-refractivity contribution is 0.594. The number of nitrogens with zero attached hydrogens (tertiary/aromatic N) is 2. The number of rotatable bonds is 4. The SMILES string of the molecule is CCN(c1ccncc1)S(=O)(=O)c1cc(N)cs1. The molecule has 0 fully saturated rings. The van der Waals surface area contributed by atoms with Gasteiger partial charge in [-0.1, -0.05) is 0 Å². The third kappa shape index (κ3) is 2.32. The Hall–Kier alpha value is -1.60. The number of hydrogen-bond donors (Lipinski definition) is 1. The molecule has 5 nitrogen and oxygen atoms in total. The summed E-state index contributed by atoms with van der Waals surface area (Å²) in [5.41, 5.74) is 6.63. The van der Waals surface area contributed by atoms with Gasteiger partial charge in [-0.25, -0.2) is 8.42 Å². The first-order chi connectivity index (χ1) is 8.55. The summed E-state index contributed by atoms with van der Waals surface area (Å²) in [6.07, 6.45) is 3.13. The maximum atomic E-state index is 12.4. The Morgan fingerprint density at radius 1 is 1.39 bits per heavy atom. The van der Waals surface area contributed by atoms with E-state index in [4.69, 9.17) is 5.73 Å². The van der Waals surface area contributed by atoms with Crippen LogP contribution in [0.1, 0.15) is 6.92 Å². The van der Waals surface area contributed by atoms with E-state index in [1.54, 1.807) is 36.8 Å². The van der Waals surface area contributed by atoms with E-state index in [2.05, 4.69) is 4.98 Å². The number of aromatic nitrogens is 1. The van der Waals surface area contributed by atoms with Gasteiger partial charge in [0.15, 0.2) is 0 Å². The van der Waals surface area contributed by atoms with Crippen molar-refractivity contribution in [3.8, 4) is 0 Å². The van der Waals surface area contributed by atoms with E-state index in [0.29, 0.717) is 17.9 Å². The molecule has 0 unspecified atom stereocenters. The summed E-state index contributed by atoms with van der Waals surface area (Å²) >= 11 is 1.12. The van der Waals surface area contributed by atoms with Crippen LogP contribution in [0.3, 0.4) is 0 Å². The van der Waals surface area contributed by atoms with Crippen LogP contribution in [-0.2, 0) is 10.0 Å². The van der Waals surface area contributed by atoms with Gasteiger partial charge in [0.2, 0.25) is 0 Å². The lowest BCUT2D eigenvalue weighted by Gasteiger charge is -2.21. The highest BCUT2D eigenvalue weighted by Crippen LogP contribution is 2.28. The molecule has 2 aromatic heterocycles. The van der Waals surface area contributed by atoms with Gasteiger partial charge >= 0.3 is 0 Å². The zero-order valence-electron chi connectivity index (χ0n) is 9.78. The van der Waals surface area contributed by atoms with E-state index in [1.807, 2.05) is 0 Å². The summed E-state index contributed by atoms with van der Waals surface area (Å²) in [6.45, 7) is 2.14. The third-order valence-corrected chi connectivity index (χ3v) is 5.71. The van der Waals surface area contributed by atoms with Crippen LogP contribution in [0.5, 0.6) is 0 Å². The molecule has 0 spiro atoms. The van der Waals surface area contributed by atoms with Gasteiger partial charge in [0.05, 0.1) is 5.69 Å². The normalized spacial score (nSPS) is 11.4. The van der Waals surface area contributed by atoms with E-state index in [0.717, 1.165) is 11.3 Å². The van der Waals surface area contributed by atoms with E-state index >= 15 is 0 Å². The minimum Gasteiger partial charge on any atom is -0.398 e. The van der Waals surface area contributed by atoms with Crippen molar-refractivity contribution in [3.05, 3.63) is 36.0 Å². The van der Waals surface area contributed by atoms with Crippen molar-refractivity contribution in [2.24, 2.45) is 0 Å². The molecular formula is C11H13N3O2S2. The molecule has 0 radical (unpaired) electrons. The maximum absolute atomic E-state index is 12.4. The number of sulfonamides is 1. The topological polar surface area (TPSA) is 76.3 Å². The van der Waals surface area contributed by atoms with Gasteiger partial charge in [-0.05, 0) is 25.1 Å². The van der Waals surface area contributed by atoms with Crippen molar-refractivity contribution in [3.63, 3.8) is 0 Å². The van der Waals surface area contributed by atoms with Crippen LogP contribution < -0.4 is 10.0 Å². The average molecular weight is 283 g/mol. The first-order valence-corrected chi connectivity index (χ1v) is 7.64. The number of hydrogen-bond acceptors (Lipinski definition) is 5. The number of nitrogen functional groups attached to an aromatic ring is 1. The molecule has 7 heteroatoms. The molecule has 0 saturated heterocycles. The minimum absolute atomic E-state index is 0.249. The molecule has 0 amide bonds. The monoisotopic (exact) mass is 283 g/mol. The first-order valence-electron chi connectivity index (χ1n) is 5.32. The van der Waals surface area contributed by atoms with Crippen molar-refractivity contribution in [1.82, 2.24) is 4.98 Å². The quantitative estimate of drug-likeness (QED) is 0.930. The standard InChI is InChI=1S/C11H13N3O2S2/c1-2-14(10-3-5-13-6-4-10)18(15,16)11-7-9(12)8-17-11/h3-8H,2,12H2,1H3. The summed E-state index contributed by atoms with van der Waals surface area (Å²) in [4.78, 5) is 3.88. The first kappa shape index (κ1) is 12.8. The van der Waals surface area contributed by atoms with Crippen LogP contribution in [0.15, 0.2) is 40.2 Å². The second-order valence-corrected chi connectivity index (χ2v) is 6.57. The Balaban J connectivity index is 2.45. The van der Waals surface area contributed by atoms with E-state index in [9.17, 15) is 8.42 Å². The van der Waals surface area contributed by atoms with Gasteiger partial charge in [-0.3, -0.25) is 9.29 Å². The fraction of sp³-hybridized carbons (Fsp3) is 0.182. The van der Waals surface area contributed by atoms with E-state index < -0.39 is 10.0 Å². The van der Waals surface area contributed by atoms with Gasteiger partial charge < -0.3 is 5.73 Å². The Morgan fingerprint density at radius 3 is 2.56 bits per heavy atom. The van der Waals surface area contributed by atoms with Crippen LogP contribution in [-0.4, -0.2) is 19.9 Å². The zero-order chi connectivity index (χ0) is 13.2. The van der Waals surface area contributed by atoms with Crippen molar-refractivity contribution < 1.29 is 8.42 Å². The van der Waals surface area contributed by atoms with Crippen LogP contribution in [0.2, 0.25) is 0 Å². The number of thiophene rings is 1. The molecule has 96 valence electrons.